The molecule has 0 aliphatic heterocycles. The Balaban J connectivity index is 1.82. The van der Waals surface area contributed by atoms with Crippen LogP contribution in [-0.4, -0.2) is 24.3 Å². The lowest BCUT2D eigenvalue weighted by atomic mass is 10.2. The molecule has 0 aliphatic rings. The summed E-state index contributed by atoms with van der Waals surface area (Å²) in [6.45, 7) is 1.70. The van der Waals surface area contributed by atoms with E-state index in [1.54, 1.807) is 20.0 Å². The first-order valence-corrected chi connectivity index (χ1v) is 8.57. The van der Waals surface area contributed by atoms with Gasteiger partial charge in [0, 0.05) is 23.7 Å². The largest absolute Gasteiger partial charge is 0.425 e. The molecular weight excluding hydrogens is 383 g/mol. The van der Waals surface area contributed by atoms with Gasteiger partial charge in [0.25, 0.3) is 0 Å². The number of fused-ring (bicyclic) bond motifs is 1. The summed E-state index contributed by atoms with van der Waals surface area (Å²) in [4.78, 5) is 20.6. The molecule has 0 aliphatic carbocycles. The predicted octanol–water partition coefficient (Wildman–Crippen LogP) is 3.22. The van der Waals surface area contributed by atoms with Crippen LogP contribution in [0.1, 0.15) is 16.6 Å². The Morgan fingerprint density at radius 2 is 2.07 bits per heavy atom. The zero-order valence-corrected chi connectivity index (χ0v) is 14.9. The normalized spacial score (nSPS) is 12.2. The summed E-state index contributed by atoms with van der Waals surface area (Å²) >= 11 is 0.626. The quantitative estimate of drug-likeness (QED) is 0.532. The van der Waals surface area contributed by atoms with Gasteiger partial charge in [0.2, 0.25) is 5.89 Å². The van der Waals surface area contributed by atoms with Crippen LogP contribution in [0.25, 0.3) is 21.6 Å². The summed E-state index contributed by atoms with van der Waals surface area (Å²) in [5, 5.41) is 3.69. The molecule has 0 saturated carbocycles. The zero-order valence-electron chi connectivity index (χ0n) is 14.1. The van der Waals surface area contributed by atoms with Crippen molar-refractivity contribution < 1.29 is 17.7 Å². The second kappa shape index (κ2) is 6.05. The van der Waals surface area contributed by atoms with Crippen LogP contribution < -0.4 is 5.69 Å². The van der Waals surface area contributed by atoms with Crippen molar-refractivity contribution in [1.82, 2.24) is 24.3 Å². The predicted molar refractivity (Wildman–Crippen MR) is 91.4 cm³/mol. The number of hydrogen-bond donors (Lipinski definition) is 0. The molecule has 7 nitrogen and oxygen atoms in total. The molecule has 4 rings (SSSR count). The number of alkyl halides is 3. The molecule has 4 aromatic heterocycles. The van der Waals surface area contributed by atoms with E-state index in [0.29, 0.717) is 38.8 Å². The molecule has 0 amide bonds. The van der Waals surface area contributed by atoms with Crippen LogP contribution in [0.4, 0.5) is 13.2 Å². The Bertz CT molecular complexity index is 1200. The summed E-state index contributed by atoms with van der Waals surface area (Å²) in [6.07, 6.45) is -2.94. The van der Waals surface area contributed by atoms with E-state index in [2.05, 4.69) is 15.1 Å². The molecule has 140 valence electrons. The summed E-state index contributed by atoms with van der Waals surface area (Å²) in [6, 6.07) is 4.06. The van der Waals surface area contributed by atoms with Crippen LogP contribution in [0.3, 0.4) is 0 Å². The van der Waals surface area contributed by atoms with Gasteiger partial charge < -0.3 is 4.52 Å². The van der Waals surface area contributed by atoms with Gasteiger partial charge >= 0.3 is 11.9 Å². The lowest BCUT2D eigenvalue weighted by Gasteiger charge is -2.02. The Hall–Kier alpha value is -2.95. The van der Waals surface area contributed by atoms with Gasteiger partial charge in [-0.05, 0) is 25.1 Å². The van der Waals surface area contributed by atoms with Crippen molar-refractivity contribution in [2.45, 2.75) is 19.6 Å². The molecule has 0 fully saturated rings. The Morgan fingerprint density at radius 1 is 1.30 bits per heavy atom. The van der Waals surface area contributed by atoms with Crippen LogP contribution in [0, 0.1) is 6.92 Å². The highest BCUT2D eigenvalue weighted by molar-refractivity contribution is 7.15. The third-order valence-corrected chi connectivity index (χ3v) is 5.19. The zero-order chi connectivity index (χ0) is 19.3. The highest BCUT2D eigenvalue weighted by atomic mass is 32.1. The molecule has 0 atom stereocenters. The van der Waals surface area contributed by atoms with Crippen molar-refractivity contribution in [2.75, 3.05) is 0 Å². The molecule has 27 heavy (non-hydrogen) atoms. The van der Waals surface area contributed by atoms with Gasteiger partial charge in [0.1, 0.15) is 11.4 Å². The van der Waals surface area contributed by atoms with E-state index >= 15 is 0 Å². The van der Waals surface area contributed by atoms with Crippen molar-refractivity contribution in [2.24, 2.45) is 7.05 Å². The monoisotopic (exact) mass is 395 g/mol. The van der Waals surface area contributed by atoms with Crippen LogP contribution in [0.5, 0.6) is 0 Å². The first kappa shape index (κ1) is 17.5. The van der Waals surface area contributed by atoms with Gasteiger partial charge in [-0.15, -0.1) is 11.3 Å². The molecule has 4 heterocycles. The fourth-order valence-electron chi connectivity index (χ4n) is 2.75. The molecule has 0 aromatic carbocycles. The van der Waals surface area contributed by atoms with Gasteiger partial charge in [0.05, 0.1) is 5.52 Å². The molecule has 0 radical (unpaired) electrons. The summed E-state index contributed by atoms with van der Waals surface area (Å²) < 4.78 is 46.4. The number of pyridine rings is 1. The van der Waals surface area contributed by atoms with Gasteiger partial charge in [-0.25, -0.2) is 9.78 Å². The number of aryl methyl sites for hydroxylation is 2. The van der Waals surface area contributed by atoms with Crippen molar-refractivity contribution in [3.63, 3.8) is 0 Å². The van der Waals surface area contributed by atoms with Gasteiger partial charge in [0.15, 0.2) is 11.5 Å². The molecule has 4 aromatic rings. The topological polar surface area (TPSA) is 78.7 Å². The maximum atomic E-state index is 12.9. The van der Waals surface area contributed by atoms with Crippen LogP contribution in [0.2, 0.25) is 0 Å². The standard InChI is InChI=1S/C16H12F3N5O2S/c1-8-21-13(26-22-8)7-24-10-5-9(6-20-14(10)23(2)15(24)25)11-3-4-12(27-11)16(17,18)19/h3-6H,7H2,1-2H3. The third kappa shape index (κ3) is 3.03. The molecular formula is C16H12F3N5O2S. The number of halogens is 3. The first-order chi connectivity index (χ1) is 12.7. The second-order valence-electron chi connectivity index (χ2n) is 5.89. The molecule has 0 saturated heterocycles. The van der Waals surface area contributed by atoms with Crippen molar-refractivity contribution >= 4 is 22.5 Å². The van der Waals surface area contributed by atoms with Crippen LogP contribution >= 0.6 is 11.3 Å². The lowest BCUT2D eigenvalue weighted by molar-refractivity contribution is -0.134. The molecule has 0 spiro atoms. The maximum Gasteiger partial charge on any atom is 0.425 e. The number of imidazole rings is 1. The van der Waals surface area contributed by atoms with E-state index < -0.39 is 11.1 Å². The highest BCUT2D eigenvalue weighted by Gasteiger charge is 2.32. The van der Waals surface area contributed by atoms with E-state index in [1.165, 1.54) is 21.4 Å². The van der Waals surface area contributed by atoms with E-state index in [9.17, 15) is 18.0 Å². The first-order valence-electron chi connectivity index (χ1n) is 7.76. The number of hydrogen-bond acceptors (Lipinski definition) is 6. The summed E-state index contributed by atoms with van der Waals surface area (Å²) in [7, 11) is 1.57. The van der Waals surface area contributed by atoms with E-state index in [0.717, 1.165) is 6.07 Å². The third-order valence-electron chi connectivity index (χ3n) is 4.01. The molecule has 11 heteroatoms. The van der Waals surface area contributed by atoms with E-state index in [4.69, 9.17) is 4.52 Å². The Morgan fingerprint density at radius 3 is 2.70 bits per heavy atom. The second-order valence-corrected chi connectivity index (χ2v) is 6.98. The number of nitrogens with zero attached hydrogens (tertiary/aromatic N) is 5. The van der Waals surface area contributed by atoms with E-state index in [-0.39, 0.29) is 18.1 Å². The minimum absolute atomic E-state index is 0.0421. The van der Waals surface area contributed by atoms with E-state index in [1.807, 2.05) is 0 Å². The maximum absolute atomic E-state index is 12.9. The molecule has 0 N–H and O–H groups in total. The van der Waals surface area contributed by atoms with Crippen molar-refractivity contribution in [3.05, 3.63) is 51.5 Å². The van der Waals surface area contributed by atoms with Crippen LogP contribution in [0.15, 0.2) is 33.7 Å². The SMILES string of the molecule is Cc1noc(Cn2c(=O)n(C)c3ncc(-c4ccc(C(F)(F)F)s4)cc32)n1. The number of rotatable bonds is 3. The fourth-order valence-corrected chi connectivity index (χ4v) is 3.60. The Labute approximate surface area is 153 Å². The highest BCUT2D eigenvalue weighted by Crippen LogP contribution is 2.38. The van der Waals surface area contributed by atoms with Crippen molar-refractivity contribution in [1.29, 1.82) is 0 Å². The minimum Gasteiger partial charge on any atom is -0.337 e. The van der Waals surface area contributed by atoms with Gasteiger partial charge in [-0.1, -0.05) is 5.16 Å². The molecule has 0 unspecified atom stereocenters. The Kier molecular flexibility index (Phi) is 3.91. The van der Waals surface area contributed by atoms with Crippen molar-refractivity contribution in [3.8, 4) is 10.4 Å². The smallest absolute Gasteiger partial charge is 0.337 e. The number of aromatic nitrogens is 5. The fraction of sp³-hybridized carbons (Fsp3) is 0.250. The van der Waals surface area contributed by atoms with Crippen LogP contribution in [-0.2, 0) is 19.8 Å². The molecule has 0 bridgehead atoms. The average Bonchev–Trinajstić information content (AvgIpc) is 3.31. The summed E-state index contributed by atoms with van der Waals surface area (Å²) in [5.74, 6) is 0.693. The van der Waals surface area contributed by atoms with Gasteiger partial charge in [-0.2, -0.15) is 18.2 Å². The summed E-state index contributed by atoms with van der Waals surface area (Å²) in [5.41, 5.74) is 1.03. The average molecular weight is 395 g/mol. The minimum atomic E-state index is -4.40. The lowest BCUT2D eigenvalue weighted by Crippen LogP contribution is -2.22. The number of thiophene rings is 1. The van der Waals surface area contributed by atoms with Gasteiger partial charge in [-0.3, -0.25) is 9.13 Å².